The van der Waals surface area contributed by atoms with Gasteiger partial charge in [0.1, 0.15) is 5.75 Å². The van der Waals surface area contributed by atoms with Crippen molar-refractivity contribution >= 4 is 15.9 Å². The molecular formula is C14H19BrN4O. The number of nitrogens with zero attached hydrogens (tertiary/aromatic N) is 2. The SMILES string of the molecule is CCCn1nccc1C(NN)c1cc(OC)ccc1Br. The van der Waals surface area contributed by atoms with Gasteiger partial charge in [-0.3, -0.25) is 10.5 Å². The fourth-order valence-corrected chi connectivity index (χ4v) is 2.67. The number of hydrogen-bond acceptors (Lipinski definition) is 4. The summed E-state index contributed by atoms with van der Waals surface area (Å²) in [6, 6.07) is 7.67. The van der Waals surface area contributed by atoms with Gasteiger partial charge < -0.3 is 4.74 Å². The fraction of sp³-hybridized carbons (Fsp3) is 0.357. The minimum atomic E-state index is -0.145. The summed E-state index contributed by atoms with van der Waals surface area (Å²) in [5.74, 6) is 6.57. The van der Waals surface area contributed by atoms with Crippen molar-refractivity contribution in [3.8, 4) is 5.75 Å². The Labute approximate surface area is 127 Å². The van der Waals surface area contributed by atoms with E-state index in [1.165, 1.54) is 0 Å². The number of nitrogens with one attached hydrogen (secondary N) is 1. The van der Waals surface area contributed by atoms with Gasteiger partial charge in [-0.05, 0) is 36.2 Å². The van der Waals surface area contributed by atoms with Crippen molar-refractivity contribution in [1.29, 1.82) is 0 Å². The van der Waals surface area contributed by atoms with Crippen molar-refractivity contribution in [3.05, 3.63) is 46.2 Å². The van der Waals surface area contributed by atoms with Crippen molar-refractivity contribution in [2.24, 2.45) is 5.84 Å². The van der Waals surface area contributed by atoms with E-state index in [0.29, 0.717) is 0 Å². The number of hydrazine groups is 1. The Morgan fingerprint density at radius 3 is 2.90 bits per heavy atom. The third-order valence-electron chi connectivity index (χ3n) is 3.16. The van der Waals surface area contributed by atoms with Crippen molar-refractivity contribution in [1.82, 2.24) is 15.2 Å². The van der Waals surface area contributed by atoms with Gasteiger partial charge in [0, 0.05) is 17.2 Å². The first kappa shape index (κ1) is 15.0. The van der Waals surface area contributed by atoms with E-state index >= 15 is 0 Å². The maximum Gasteiger partial charge on any atom is 0.119 e. The number of hydrogen-bond donors (Lipinski definition) is 2. The third-order valence-corrected chi connectivity index (χ3v) is 3.88. The van der Waals surface area contributed by atoms with Gasteiger partial charge in [-0.25, -0.2) is 5.43 Å². The Morgan fingerprint density at radius 1 is 1.45 bits per heavy atom. The Bertz CT molecular complexity index is 570. The van der Waals surface area contributed by atoms with Crippen molar-refractivity contribution in [3.63, 3.8) is 0 Å². The van der Waals surface area contributed by atoms with E-state index < -0.39 is 0 Å². The van der Waals surface area contributed by atoms with Crippen LogP contribution in [0.5, 0.6) is 5.75 Å². The first-order valence-corrected chi connectivity index (χ1v) is 7.31. The Hall–Kier alpha value is -1.37. The first-order valence-electron chi connectivity index (χ1n) is 6.52. The lowest BCUT2D eigenvalue weighted by Gasteiger charge is -2.20. The highest BCUT2D eigenvalue weighted by Gasteiger charge is 2.19. The van der Waals surface area contributed by atoms with Crippen molar-refractivity contribution in [2.75, 3.05) is 7.11 Å². The Balaban J connectivity index is 2.43. The van der Waals surface area contributed by atoms with Gasteiger partial charge in [0.15, 0.2) is 0 Å². The standard InChI is InChI=1S/C14H19BrN4O/c1-3-8-19-13(6-7-17-19)14(18-16)11-9-10(20-2)4-5-12(11)15/h4-7,9,14,18H,3,8,16H2,1-2H3. The third kappa shape index (κ3) is 3.03. The van der Waals surface area contributed by atoms with Gasteiger partial charge in [0.2, 0.25) is 0 Å². The highest BCUT2D eigenvalue weighted by molar-refractivity contribution is 9.10. The monoisotopic (exact) mass is 338 g/mol. The number of aromatic nitrogens is 2. The second-order valence-electron chi connectivity index (χ2n) is 4.47. The number of nitrogens with two attached hydrogens (primary N) is 1. The van der Waals surface area contributed by atoms with E-state index in [0.717, 1.165) is 34.4 Å². The smallest absolute Gasteiger partial charge is 0.119 e. The average Bonchev–Trinajstić information content (AvgIpc) is 2.90. The predicted octanol–water partition coefficient (Wildman–Crippen LogP) is 2.62. The summed E-state index contributed by atoms with van der Waals surface area (Å²) in [4.78, 5) is 0. The van der Waals surface area contributed by atoms with Crippen LogP contribution in [0, 0.1) is 0 Å². The molecule has 0 saturated carbocycles. The molecule has 3 N–H and O–H groups in total. The van der Waals surface area contributed by atoms with Gasteiger partial charge in [0.05, 0.1) is 18.8 Å². The lowest BCUT2D eigenvalue weighted by atomic mass is 10.0. The molecule has 1 heterocycles. The van der Waals surface area contributed by atoms with Crippen molar-refractivity contribution in [2.45, 2.75) is 25.9 Å². The zero-order valence-corrected chi connectivity index (χ0v) is 13.2. The van der Waals surface area contributed by atoms with Crippen LogP contribution in [0.2, 0.25) is 0 Å². The minimum Gasteiger partial charge on any atom is -0.497 e. The van der Waals surface area contributed by atoms with Crippen LogP contribution in [0.1, 0.15) is 30.6 Å². The lowest BCUT2D eigenvalue weighted by molar-refractivity contribution is 0.413. The highest BCUT2D eigenvalue weighted by atomic mass is 79.9. The molecule has 1 aromatic heterocycles. The molecule has 1 unspecified atom stereocenters. The van der Waals surface area contributed by atoms with Crippen LogP contribution in [0.25, 0.3) is 0 Å². The normalized spacial score (nSPS) is 12.4. The van der Waals surface area contributed by atoms with Crippen LogP contribution >= 0.6 is 15.9 Å². The van der Waals surface area contributed by atoms with Crippen LogP contribution in [-0.4, -0.2) is 16.9 Å². The van der Waals surface area contributed by atoms with E-state index in [2.05, 4.69) is 33.4 Å². The summed E-state index contributed by atoms with van der Waals surface area (Å²) >= 11 is 3.57. The van der Waals surface area contributed by atoms with E-state index in [4.69, 9.17) is 10.6 Å². The molecule has 0 amide bonds. The summed E-state index contributed by atoms with van der Waals surface area (Å²) in [6.45, 7) is 2.99. The molecule has 0 aliphatic carbocycles. The molecule has 0 aliphatic heterocycles. The number of methoxy groups -OCH3 is 1. The second kappa shape index (κ2) is 6.88. The first-order chi connectivity index (χ1) is 9.71. The number of benzene rings is 1. The fourth-order valence-electron chi connectivity index (χ4n) is 2.19. The molecule has 20 heavy (non-hydrogen) atoms. The molecule has 0 bridgehead atoms. The number of ether oxygens (including phenoxy) is 1. The summed E-state index contributed by atoms with van der Waals surface area (Å²) < 4.78 is 8.23. The molecular weight excluding hydrogens is 320 g/mol. The van der Waals surface area contributed by atoms with E-state index in [9.17, 15) is 0 Å². The summed E-state index contributed by atoms with van der Waals surface area (Å²) in [5.41, 5.74) is 4.91. The molecule has 108 valence electrons. The maximum absolute atomic E-state index is 5.77. The van der Waals surface area contributed by atoms with Gasteiger partial charge in [0.25, 0.3) is 0 Å². The lowest BCUT2D eigenvalue weighted by Crippen LogP contribution is -2.31. The van der Waals surface area contributed by atoms with Crippen LogP contribution in [0.4, 0.5) is 0 Å². The molecule has 2 rings (SSSR count). The van der Waals surface area contributed by atoms with Crippen LogP contribution in [-0.2, 0) is 6.54 Å². The maximum atomic E-state index is 5.77. The average molecular weight is 339 g/mol. The molecule has 0 spiro atoms. The number of rotatable bonds is 6. The highest BCUT2D eigenvalue weighted by Crippen LogP contribution is 2.31. The van der Waals surface area contributed by atoms with Crippen LogP contribution < -0.4 is 16.0 Å². The molecule has 6 heteroatoms. The molecule has 2 aromatic rings. The molecule has 0 radical (unpaired) electrons. The molecule has 0 fully saturated rings. The summed E-state index contributed by atoms with van der Waals surface area (Å²) in [7, 11) is 1.65. The van der Waals surface area contributed by atoms with Crippen LogP contribution in [0.15, 0.2) is 34.9 Å². The van der Waals surface area contributed by atoms with Gasteiger partial charge in [-0.2, -0.15) is 5.10 Å². The van der Waals surface area contributed by atoms with Gasteiger partial charge >= 0.3 is 0 Å². The topological polar surface area (TPSA) is 65.1 Å². The predicted molar refractivity (Wildman–Crippen MR) is 82.4 cm³/mol. The summed E-state index contributed by atoms with van der Waals surface area (Å²) in [5, 5.41) is 4.35. The Morgan fingerprint density at radius 2 is 2.25 bits per heavy atom. The zero-order valence-electron chi connectivity index (χ0n) is 11.6. The second-order valence-corrected chi connectivity index (χ2v) is 5.32. The minimum absolute atomic E-state index is 0.145. The zero-order chi connectivity index (χ0) is 14.5. The Kier molecular flexibility index (Phi) is 5.17. The molecule has 1 atom stereocenters. The van der Waals surface area contributed by atoms with Crippen molar-refractivity contribution < 1.29 is 4.74 Å². The molecule has 1 aromatic carbocycles. The van der Waals surface area contributed by atoms with Gasteiger partial charge in [-0.1, -0.05) is 22.9 Å². The number of halogens is 1. The molecule has 0 saturated heterocycles. The van der Waals surface area contributed by atoms with E-state index in [1.54, 1.807) is 13.3 Å². The van der Waals surface area contributed by atoms with E-state index in [-0.39, 0.29) is 6.04 Å². The largest absolute Gasteiger partial charge is 0.497 e. The summed E-state index contributed by atoms with van der Waals surface area (Å²) in [6.07, 6.45) is 2.81. The van der Waals surface area contributed by atoms with Crippen LogP contribution in [0.3, 0.4) is 0 Å². The molecule has 0 aliphatic rings. The quantitative estimate of drug-likeness (QED) is 0.627. The number of aryl methyl sites for hydroxylation is 1. The van der Waals surface area contributed by atoms with Gasteiger partial charge in [-0.15, -0.1) is 0 Å². The van der Waals surface area contributed by atoms with E-state index in [1.807, 2.05) is 28.9 Å². The molecule has 5 nitrogen and oxygen atoms in total.